The van der Waals surface area contributed by atoms with Crippen LogP contribution in [0.4, 0.5) is 0 Å². The highest BCUT2D eigenvalue weighted by molar-refractivity contribution is 5.78. The highest BCUT2D eigenvalue weighted by Gasteiger charge is 2.26. The lowest BCUT2D eigenvalue weighted by Crippen LogP contribution is -2.40. The van der Waals surface area contributed by atoms with Crippen molar-refractivity contribution in [3.05, 3.63) is 41.7 Å². The van der Waals surface area contributed by atoms with Crippen molar-refractivity contribution in [1.29, 1.82) is 0 Å². The van der Waals surface area contributed by atoms with Gasteiger partial charge in [0.15, 0.2) is 5.82 Å². The summed E-state index contributed by atoms with van der Waals surface area (Å²) in [6, 6.07) is 10.2. The molecule has 0 saturated carbocycles. The maximum absolute atomic E-state index is 12.0. The fraction of sp³-hybridized carbons (Fsp3) is 0.529. The maximum atomic E-state index is 12.0. The second kappa shape index (κ2) is 7.53. The van der Waals surface area contributed by atoms with Crippen molar-refractivity contribution in [2.75, 3.05) is 27.2 Å². The SMILES string of the molecule is CN(C)C(=O)C1CCN(Cc2nnnn2Cc2ccccc2)CC1. The fourth-order valence-electron chi connectivity index (χ4n) is 3.12. The van der Waals surface area contributed by atoms with E-state index in [1.54, 1.807) is 4.90 Å². The number of tetrazole rings is 1. The fourth-order valence-corrected chi connectivity index (χ4v) is 3.12. The van der Waals surface area contributed by atoms with E-state index in [2.05, 4.69) is 32.6 Å². The molecule has 2 heterocycles. The Morgan fingerprint density at radius 2 is 1.88 bits per heavy atom. The van der Waals surface area contributed by atoms with Gasteiger partial charge in [0.1, 0.15) is 0 Å². The first-order valence-electron chi connectivity index (χ1n) is 8.36. The van der Waals surface area contributed by atoms with Crippen LogP contribution in [0.15, 0.2) is 30.3 Å². The summed E-state index contributed by atoms with van der Waals surface area (Å²) in [5, 5.41) is 12.1. The zero-order valence-corrected chi connectivity index (χ0v) is 14.3. The van der Waals surface area contributed by atoms with E-state index in [-0.39, 0.29) is 11.8 Å². The summed E-state index contributed by atoms with van der Waals surface area (Å²) in [6.07, 6.45) is 1.80. The van der Waals surface area contributed by atoms with E-state index in [9.17, 15) is 4.79 Å². The third kappa shape index (κ3) is 3.97. The van der Waals surface area contributed by atoms with Gasteiger partial charge >= 0.3 is 0 Å². The average molecular weight is 328 g/mol. The summed E-state index contributed by atoms with van der Waals surface area (Å²) in [5.74, 6) is 1.26. The molecule has 0 N–H and O–H groups in total. The van der Waals surface area contributed by atoms with Gasteiger partial charge in [-0.15, -0.1) is 5.10 Å². The van der Waals surface area contributed by atoms with Gasteiger partial charge in [0, 0.05) is 20.0 Å². The molecule has 0 radical (unpaired) electrons. The number of hydrogen-bond donors (Lipinski definition) is 0. The van der Waals surface area contributed by atoms with Gasteiger partial charge in [-0.1, -0.05) is 30.3 Å². The summed E-state index contributed by atoms with van der Waals surface area (Å²) in [5.41, 5.74) is 1.18. The van der Waals surface area contributed by atoms with Gasteiger partial charge in [-0.3, -0.25) is 9.69 Å². The zero-order valence-electron chi connectivity index (χ0n) is 14.3. The Kier molecular flexibility index (Phi) is 5.20. The van der Waals surface area contributed by atoms with Gasteiger partial charge < -0.3 is 4.90 Å². The molecule has 1 fully saturated rings. The van der Waals surface area contributed by atoms with Crippen LogP contribution in [-0.2, 0) is 17.9 Å². The molecule has 1 aliphatic heterocycles. The molecule has 2 aromatic rings. The van der Waals surface area contributed by atoms with Crippen molar-refractivity contribution < 1.29 is 4.79 Å². The molecule has 1 amide bonds. The molecule has 1 aromatic heterocycles. The number of nitrogens with zero attached hydrogens (tertiary/aromatic N) is 6. The normalized spacial score (nSPS) is 16.2. The van der Waals surface area contributed by atoms with Crippen molar-refractivity contribution in [2.24, 2.45) is 5.92 Å². The lowest BCUT2D eigenvalue weighted by molar-refractivity contribution is -0.134. The monoisotopic (exact) mass is 328 g/mol. The van der Waals surface area contributed by atoms with E-state index in [0.717, 1.165) is 38.3 Å². The van der Waals surface area contributed by atoms with Crippen LogP contribution in [0, 0.1) is 5.92 Å². The Bertz CT molecular complexity index is 661. The predicted octanol–water partition coefficient (Wildman–Crippen LogP) is 1.02. The minimum absolute atomic E-state index is 0.150. The third-order valence-electron chi connectivity index (χ3n) is 4.52. The Balaban J connectivity index is 1.56. The smallest absolute Gasteiger partial charge is 0.225 e. The first kappa shape index (κ1) is 16.6. The summed E-state index contributed by atoms with van der Waals surface area (Å²) in [7, 11) is 3.65. The summed E-state index contributed by atoms with van der Waals surface area (Å²) in [4.78, 5) is 16.1. The van der Waals surface area contributed by atoms with Crippen molar-refractivity contribution in [1.82, 2.24) is 30.0 Å². The molecule has 7 heteroatoms. The zero-order chi connectivity index (χ0) is 16.9. The minimum Gasteiger partial charge on any atom is -0.349 e. The maximum Gasteiger partial charge on any atom is 0.225 e. The molecule has 0 bridgehead atoms. The second-order valence-electron chi connectivity index (χ2n) is 6.52. The topological polar surface area (TPSA) is 67.2 Å². The average Bonchev–Trinajstić information content (AvgIpc) is 3.02. The van der Waals surface area contributed by atoms with E-state index in [1.165, 1.54) is 5.56 Å². The van der Waals surface area contributed by atoms with Gasteiger partial charge in [0.05, 0.1) is 13.1 Å². The molecule has 128 valence electrons. The number of amides is 1. The largest absolute Gasteiger partial charge is 0.349 e. The molecule has 24 heavy (non-hydrogen) atoms. The van der Waals surface area contributed by atoms with E-state index >= 15 is 0 Å². The molecular weight excluding hydrogens is 304 g/mol. The van der Waals surface area contributed by atoms with E-state index in [4.69, 9.17) is 0 Å². The van der Waals surface area contributed by atoms with Crippen LogP contribution in [0.3, 0.4) is 0 Å². The number of carbonyl (C=O) groups excluding carboxylic acids is 1. The molecule has 1 saturated heterocycles. The van der Waals surface area contributed by atoms with Crippen LogP contribution in [0.2, 0.25) is 0 Å². The van der Waals surface area contributed by atoms with E-state index in [0.29, 0.717) is 6.54 Å². The van der Waals surface area contributed by atoms with E-state index in [1.807, 2.05) is 37.0 Å². The molecule has 0 atom stereocenters. The van der Waals surface area contributed by atoms with Crippen LogP contribution in [0.5, 0.6) is 0 Å². The van der Waals surface area contributed by atoms with Crippen molar-refractivity contribution >= 4 is 5.91 Å². The molecule has 0 unspecified atom stereocenters. The lowest BCUT2D eigenvalue weighted by Gasteiger charge is -2.31. The summed E-state index contributed by atoms with van der Waals surface area (Å²) in [6.45, 7) is 3.21. The van der Waals surface area contributed by atoms with Crippen molar-refractivity contribution in [3.8, 4) is 0 Å². The van der Waals surface area contributed by atoms with Crippen LogP contribution >= 0.6 is 0 Å². The standard InChI is InChI=1S/C17H24N6O/c1-21(2)17(24)15-8-10-22(11-9-15)13-16-18-19-20-23(16)12-14-6-4-3-5-7-14/h3-7,15H,8-13H2,1-2H3. The number of piperidine rings is 1. The van der Waals surface area contributed by atoms with Gasteiger partial charge in [-0.25, -0.2) is 4.68 Å². The first-order valence-corrected chi connectivity index (χ1v) is 8.36. The van der Waals surface area contributed by atoms with Gasteiger partial charge in [-0.2, -0.15) is 0 Å². The van der Waals surface area contributed by atoms with Gasteiger partial charge in [0.25, 0.3) is 0 Å². The quantitative estimate of drug-likeness (QED) is 0.820. The highest BCUT2D eigenvalue weighted by Crippen LogP contribution is 2.20. The minimum atomic E-state index is 0.150. The molecule has 7 nitrogen and oxygen atoms in total. The molecular formula is C17H24N6O. The summed E-state index contributed by atoms with van der Waals surface area (Å²) < 4.78 is 1.85. The number of likely N-dealkylation sites (tertiary alicyclic amines) is 1. The van der Waals surface area contributed by atoms with Crippen LogP contribution in [0.25, 0.3) is 0 Å². The number of aromatic nitrogens is 4. The van der Waals surface area contributed by atoms with E-state index < -0.39 is 0 Å². The van der Waals surface area contributed by atoms with Gasteiger partial charge in [0.2, 0.25) is 5.91 Å². The number of carbonyl (C=O) groups is 1. The third-order valence-corrected chi connectivity index (χ3v) is 4.52. The first-order chi connectivity index (χ1) is 11.6. The number of rotatable bonds is 5. The van der Waals surface area contributed by atoms with Crippen LogP contribution < -0.4 is 0 Å². The van der Waals surface area contributed by atoms with Crippen molar-refractivity contribution in [2.45, 2.75) is 25.9 Å². The van der Waals surface area contributed by atoms with Crippen molar-refractivity contribution in [3.63, 3.8) is 0 Å². The predicted molar refractivity (Wildman–Crippen MR) is 90.1 cm³/mol. The van der Waals surface area contributed by atoms with Crippen LogP contribution in [0.1, 0.15) is 24.2 Å². The summed E-state index contributed by atoms with van der Waals surface area (Å²) >= 11 is 0. The number of hydrogen-bond acceptors (Lipinski definition) is 5. The Morgan fingerprint density at radius 1 is 1.17 bits per heavy atom. The Morgan fingerprint density at radius 3 is 2.54 bits per heavy atom. The Labute approximate surface area is 142 Å². The highest BCUT2D eigenvalue weighted by atomic mass is 16.2. The lowest BCUT2D eigenvalue weighted by atomic mass is 9.95. The second-order valence-corrected chi connectivity index (χ2v) is 6.52. The Hall–Kier alpha value is -2.28. The number of benzene rings is 1. The molecule has 3 rings (SSSR count). The van der Waals surface area contributed by atoms with Crippen LogP contribution in [-0.4, -0.2) is 63.1 Å². The molecule has 0 spiro atoms. The molecule has 0 aliphatic carbocycles. The van der Waals surface area contributed by atoms with Gasteiger partial charge in [-0.05, 0) is 41.9 Å². The molecule has 1 aromatic carbocycles. The molecule has 1 aliphatic rings.